The van der Waals surface area contributed by atoms with Crippen molar-refractivity contribution in [3.8, 4) is 5.75 Å². The average Bonchev–Trinajstić information content (AvgIpc) is 3.09. The van der Waals surface area contributed by atoms with E-state index in [4.69, 9.17) is 4.74 Å². The van der Waals surface area contributed by atoms with Crippen molar-refractivity contribution in [2.75, 3.05) is 17.7 Å². The van der Waals surface area contributed by atoms with Gasteiger partial charge in [-0.05, 0) is 24.3 Å². The van der Waals surface area contributed by atoms with E-state index in [1.165, 1.54) is 25.6 Å². The molecule has 0 spiro atoms. The number of non-ortho nitro benzene ring substituents is 1. The Morgan fingerprint density at radius 1 is 1.15 bits per heavy atom. The number of nitrogens with zero attached hydrogens (tertiary/aromatic N) is 2. The molecule has 2 aromatic carbocycles. The number of aromatic nitrogens is 2. The number of nitro benzene ring substituents is 1. The fourth-order valence-electron chi connectivity index (χ4n) is 2.28. The molecule has 0 aliphatic heterocycles. The first-order chi connectivity index (χ1) is 12.5. The van der Waals surface area contributed by atoms with E-state index in [0.717, 1.165) is 11.6 Å². The van der Waals surface area contributed by atoms with Crippen LogP contribution in [0, 0.1) is 10.1 Å². The first-order valence-electron chi connectivity index (χ1n) is 7.36. The molecule has 1 aromatic heterocycles. The number of carbonyl (C=O) groups excluding carboxylic acids is 2. The third-order valence-electron chi connectivity index (χ3n) is 3.53. The van der Waals surface area contributed by atoms with Crippen LogP contribution in [0.2, 0.25) is 0 Å². The number of H-pyrrole nitrogens is 1. The molecule has 0 aliphatic rings. The maximum Gasteiger partial charge on any atom is 0.314 e. The Labute approximate surface area is 146 Å². The van der Waals surface area contributed by atoms with E-state index in [9.17, 15) is 19.7 Å². The molecule has 132 valence electrons. The van der Waals surface area contributed by atoms with Gasteiger partial charge in [-0.1, -0.05) is 0 Å². The van der Waals surface area contributed by atoms with Gasteiger partial charge >= 0.3 is 11.8 Å². The van der Waals surface area contributed by atoms with E-state index >= 15 is 0 Å². The molecule has 10 heteroatoms. The zero-order chi connectivity index (χ0) is 18.7. The second-order valence-electron chi connectivity index (χ2n) is 5.18. The lowest BCUT2D eigenvalue weighted by Crippen LogP contribution is -2.29. The summed E-state index contributed by atoms with van der Waals surface area (Å²) in [7, 11) is 1.30. The van der Waals surface area contributed by atoms with Crippen LogP contribution in [-0.4, -0.2) is 33.8 Å². The number of carbonyl (C=O) groups is 2. The van der Waals surface area contributed by atoms with Crippen LogP contribution in [0.15, 0.2) is 42.7 Å². The second-order valence-corrected chi connectivity index (χ2v) is 5.18. The van der Waals surface area contributed by atoms with Crippen LogP contribution in [0.4, 0.5) is 17.1 Å². The molecule has 10 nitrogen and oxygen atoms in total. The number of hydrogen-bond donors (Lipinski definition) is 3. The van der Waals surface area contributed by atoms with Gasteiger partial charge in [-0.3, -0.25) is 19.7 Å². The maximum atomic E-state index is 12.1. The van der Waals surface area contributed by atoms with E-state index in [2.05, 4.69) is 20.6 Å². The van der Waals surface area contributed by atoms with E-state index in [1.807, 2.05) is 0 Å². The Balaban J connectivity index is 1.72. The highest BCUT2D eigenvalue weighted by Crippen LogP contribution is 2.29. The molecule has 0 bridgehead atoms. The van der Waals surface area contributed by atoms with Gasteiger partial charge in [-0.2, -0.15) is 0 Å². The number of ether oxygens (including phenoxy) is 1. The zero-order valence-corrected chi connectivity index (χ0v) is 13.5. The molecule has 0 radical (unpaired) electrons. The number of fused-ring (bicyclic) bond motifs is 1. The third-order valence-corrected chi connectivity index (χ3v) is 3.53. The van der Waals surface area contributed by atoms with Crippen molar-refractivity contribution in [1.82, 2.24) is 9.97 Å². The van der Waals surface area contributed by atoms with Gasteiger partial charge in [0.2, 0.25) is 0 Å². The van der Waals surface area contributed by atoms with Crippen LogP contribution in [0.1, 0.15) is 0 Å². The summed E-state index contributed by atoms with van der Waals surface area (Å²) in [5, 5.41) is 15.6. The third kappa shape index (κ3) is 3.43. The van der Waals surface area contributed by atoms with Crippen LogP contribution in [0.5, 0.6) is 5.75 Å². The fraction of sp³-hybridized carbons (Fsp3) is 0.0625. The van der Waals surface area contributed by atoms with Crippen molar-refractivity contribution < 1.29 is 19.2 Å². The minimum atomic E-state index is -0.943. The molecule has 0 saturated carbocycles. The van der Waals surface area contributed by atoms with Crippen molar-refractivity contribution >= 4 is 39.9 Å². The molecule has 3 rings (SSSR count). The number of hydrogen-bond acceptors (Lipinski definition) is 6. The standard InChI is InChI=1S/C16H13N5O5/c1-26-14-7-10(21(24)25)3-5-12(14)20-16(23)15(22)19-9-2-4-11-13(6-9)18-8-17-11/h2-8H,1H3,(H,17,18)(H,19,22)(H,20,23). The highest BCUT2D eigenvalue weighted by Gasteiger charge is 2.18. The number of anilines is 2. The Hall–Kier alpha value is -3.95. The zero-order valence-electron chi connectivity index (χ0n) is 13.5. The highest BCUT2D eigenvalue weighted by molar-refractivity contribution is 6.43. The minimum Gasteiger partial charge on any atom is -0.494 e. The largest absolute Gasteiger partial charge is 0.494 e. The summed E-state index contributed by atoms with van der Waals surface area (Å²) in [6.45, 7) is 0. The summed E-state index contributed by atoms with van der Waals surface area (Å²) in [6, 6.07) is 8.58. The molecule has 0 saturated heterocycles. The number of methoxy groups -OCH3 is 1. The molecule has 0 unspecified atom stereocenters. The minimum absolute atomic E-state index is 0.0687. The highest BCUT2D eigenvalue weighted by atomic mass is 16.6. The van der Waals surface area contributed by atoms with Crippen molar-refractivity contribution in [3.05, 3.63) is 52.8 Å². The van der Waals surface area contributed by atoms with Gasteiger partial charge in [-0.25, -0.2) is 4.98 Å². The predicted octanol–water partition coefficient (Wildman–Crippen LogP) is 2.06. The first-order valence-corrected chi connectivity index (χ1v) is 7.36. The molecular formula is C16H13N5O5. The van der Waals surface area contributed by atoms with Crippen molar-refractivity contribution in [3.63, 3.8) is 0 Å². The lowest BCUT2D eigenvalue weighted by Gasteiger charge is -2.10. The van der Waals surface area contributed by atoms with Crippen LogP contribution < -0.4 is 15.4 Å². The monoisotopic (exact) mass is 355 g/mol. The van der Waals surface area contributed by atoms with Gasteiger partial charge in [0, 0.05) is 11.8 Å². The molecular weight excluding hydrogens is 342 g/mol. The molecule has 0 aliphatic carbocycles. The van der Waals surface area contributed by atoms with Crippen molar-refractivity contribution in [1.29, 1.82) is 0 Å². The first kappa shape index (κ1) is 16.9. The van der Waals surface area contributed by atoms with Crippen LogP contribution in [-0.2, 0) is 9.59 Å². The summed E-state index contributed by atoms with van der Waals surface area (Å²) < 4.78 is 5.01. The number of nitrogens with one attached hydrogen (secondary N) is 3. The summed E-state index contributed by atoms with van der Waals surface area (Å²) in [4.78, 5) is 41.3. The predicted molar refractivity (Wildman–Crippen MR) is 93.0 cm³/mol. The van der Waals surface area contributed by atoms with Crippen molar-refractivity contribution in [2.45, 2.75) is 0 Å². The second kappa shape index (κ2) is 6.89. The summed E-state index contributed by atoms with van der Waals surface area (Å²) >= 11 is 0. The van der Waals surface area contributed by atoms with Gasteiger partial charge in [0.05, 0.1) is 41.1 Å². The number of amides is 2. The van der Waals surface area contributed by atoms with E-state index < -0.39 is 16.7 Å². The number of nitro groups is 1. The Bertz CT molecular complexity index is 1010. The maximum absolute atomic E-state index is 12.1. The van der Waals surface area contributed by atoms with Crippen LogP contribution >= 0.6 is 0 Å². The molecule has 2 amide bonds. The number of benzene rings is 2. The molecule has 1 heterocycles. The molecule has 0 atom stereocenters. The van der Waals surface area contributed by atoms with E-state index in [1.54, 1.807) is 18.2 Å². The van der Waals surface area contributed by atoms with Gasteiger partial charge in [0.15, 0.2) is 0 Å². The van der Waals surface area contributed by atoms with Crippen LogP contribution in [0.25, 0.3) is 11.0 Å². The van der Waals surface area contributed by atoms with Gasteiger partial charge in [0.1, 0.15) is 5.75 Å². The summed E-state index contributed by atoms with van der Waals surface area (Å²) in [5.74, 6) is -1.77. The average molecular weight is 355 g/mol. The SMILES string of the molecule is COc1cc([N+](=O)[O-])ccc1NC(=O)C(=O)Nc1ccc2nc[nH]c2c1. The number of aromatic amines is 1. The van der Waals surface area contributed by atoms with Gasteiger partial charge < -0.3 is 20.4 Å². The Morgan fingerprint density at radius 2 is 1.92 bits per heavy atom. The smallest absolute Gasteiger partial charge is 0.314 e. The summed E-state index contributed by atoms with van der Waals surface area (Å²) in [6.07, 6.45) is 1.52. The van der Waals surface area contributed by atoms with E-state index in [-0.39, 0.29) is 17.1 Å². The Morgan fingerprint density at radius 3 is 2.65 bits per heavy atom. The van der Waals surface area contributed by atoms with Gasteiger partial charge in [-0.15, -0.1) is 0 Å². The van der Waals surface area contributed by atoms with Gasteiger partial charge in [0.25, 0.3) is 5.69 Å². The lowest BCUT2D eigenvalue weighted by molar-refractivity contribution is -0.384. The quantitative estimate of drug-likeness (QED) is 0.372. The molecule has 0 fully saturated rings. The normalized spacial score (nSPS) is 10.3. The number of imidazole rings is 1. The van der Waals surface area contributed by atoms with Crippen molar-refractivity contribution in [2.24, 2.45) is 0 Å². The number of rotatable bonds is 4. The van der Waals surface area contributed by atoms with E-state index in [0.29, 0.717) is 11.2 Å². The summed E-state index contributed by atoms with van der Waals surface area (Å²) in [5.41, 5.74) is 1.79. The lowest BCUT2D eigenvalue weighted by atomic mass is 10.2. The fourth-order valence-corrected chi connectivity index (χ4v) is 2.28. The molecule has 26 heavy (non-hydrogen) atoms. The molecule has 3 aromatic rings. The molecule has 3 N–H and O–H groups in total. The Kier molecular flexibility index (Phi) is 4.48. The topological polar surface area (TPSA) is 139 Å². The van der Waals surface area contributed by atoms with Crippen LogP contribution in [0.3, 0.4) is 0 Å².